The van der Waals surface area contributed by atoms with Gasteiger partial charge in [-0.2, -0.15) is 0 Å². The van der Waals surface area contributed by atoms with Crippen molar-refractivity contribution in [2.75, 3.05) is 0 Å². The van der Waals surface area contributed by atoms with Gasteiger partial charge in [-0.05, 0) is 113 Å². The standard InChI is InChI=1S/C40H36N8/c1-17-9-25-26(10-18(17)2)34-41-33(25)45-35-27-11-19(3)20(4)12-28(27)37(42-35)47-39-31-15-23(7)24(8)16-32(31)40(44-39)48-38-30-14-22(6)21(5)13-29(30)36(43-38)46-34/h9-16,25,27H,1-8H3,(H,41,42,45)(H,43,44,46,47,48). The molecule has 0 amide bonds. The van der Waals surface area contributed by atoms with E-state index in [4.69, 9.17) is 29.9 Å². The lowest BCUT2D eigenvalue weighted by molar-refractivity contribution is 0.870. The van der Waals surface area contributed by atoms with E-state index in [9.17, 15) is 0 Å². The number of nitrogens with one attached hydrogen (secondary N) is 2. The molecule has 236 valence electrons. The van der Waals surface area contributed by atoms with E-state index in [1.165, 1.54) is 44.5 Å². The first-order valence-corrected chi connectivity index (χ1v) is 16.5. The Kier molecular flexibility index (Phi) is 5.98. The molecule has 5 heterocycles. The van der Waals surface area contributed by atoms with Gasteiger partial charge in [0.05, 0.1) is 11.8 Å². The van der Waals surface area contributed by atoms with Gasteiger partial charge in [-0.1, -0.05) is 35.5 Å². The Balaban J connectivity index is 1.49. The molecule has 8 heteroatoms. The molecule has 0 saturated carbocycles. The van der Waals surface area contributed by atoms with Crippen molar-refractivity contribution in [2.45, 2.75) is 67.2 Å². The van der Waals surface area contributed by atoms with E-state index in [0.29, 0.717) is 23.0 Å². The second-order valence-corrected chi connectivity index (χ2v) is 13.9. The molecule has 2 N–H and O–H groups in total. The van der Waals surface area contributed by atoms with Crippen LogP contribution in [0, 0.1) is 27.7 Å². The van der Waals surface area contributed by atoms with E-state index in [-0.39, 0.29) is 11.8 Å². The lowest BCUT2D eigenvalue weighted by Gasteiger charge is -2.18. The molecule has 8 nitrogen and oxygen atoms in total. The first-order chi connectivity index (χ1) is 23.0. The number of rotatable bonds is 0. The number of hydrogen-bond donors (Lipinski definition) is 2. The van der Waals surface area contributed by atoms with Crippen LogP contribution < -0.4 is 11.0 Å². The molecule has 5 aliphatic rings. The fourth-order valence-corrected chi connectivity index (χ4v) is 7.21. The molecule has 0 radical (unpaired) electrons. The van der Waals surface area contributed by atoms with Crippen molar-refractivity contribution < 1.29 is 0 Å². The van der Waals surface area contributed by atoms with Gasteiger partial charge in [0, 0.05) is 33.0 Å². The summed E-state index contributed by atoms with van der Waals surface area (Å²) in [5, 5.41) is 2.01. The number of fused-ring (bicyclic) bond motifs is 18. The van der Waals surface area contributed by atoms with Crippen molar-refractivity contribution in [2.24, 2.45) is 0 Å². The molecule has 4 aromatic rings. The van der Waals surface area contributed by atoms with E-state index in [0.717, 1.165) is 55.6 Å². The summed E-state index contributed by atoms with van der Waals surface area (Å²) in [7, 11) is 0. The fraction of sp³-hybridized carbons (Fsp3) is 0.250. The van der Waals surface area contributed by atoms with Crippen molar-refractivity contribution in [1.29, 1.82) is 0 Å². The topological polar surface area (TPSA) is 109 Å². The minimum absolute atomic E-state index is 0.0652. The zero-order chi connectivity index (χ0) is 33.2. The first kappa shape index (κ1) is 28.7. The smallest absolute Gasteiger partial charge is 0.164 e. The predicted octanol–water partition coefficient (Wildman–Crippen LogP) is 7.02. The number of H-pyrrole nitrogens is 2. The van der Waals surface area contributed by atoms with Gasteiger partial charge >= 0.3 is 0 Å². The summed E-state index contributed by atoms with van der Waals surface area (Å²) >= 11 is 0. The SMILES string of the molecule is CC1=CC2=c3nc4nc(nc5[nH]c(nc6[nH]c(nc(n3)C2C=C1C)C1C=C(C)C(C)=CC=61)c1cc(C)c(C)cc51)-c1cc(C)c(C)cc1-4. The summed E-state index contributed by atoms with van der Waals surface area (Å²) in [4.78, 5) is 38.4. The first-order valence-electron chi connectivity index (χ1n) is 16.5. The van der Waals surface area contributed by atoms with Gasteiger partial charge in [0.2, 0.25) is 0 Å². The van der Waals surface area contributed by atoms with Gasteiger partial charge in [-0.3, -0.25) is 0 Å². The van der Waals surface area contributed by atoms with Crippen LogP contribution >= 0.6 is 0 Å². The van der Waals surface area contributed by atoms with Crippen LogP contribution in [0.3, 0.4) is 0 Å². The highest BCUT2D eigenvalue weighted by molar-refractivity contribution is 6.05. The molecule has 48 heavy (non-hydrogen) atoms. The second-order valence-electron chi connectivity index (χ2n) is 13.9. The molecular weight excluding hydrogens is 592 g/mol. The highest BCUT2D eigenvalue weighted by Gasteiger charge is 2.31. The number of hydrogen-bond acceptors (Lipinski definition) is 6. The normalized spacial score (nSPS) is 18.8. The number of aromatic amines is 2. The maximum Gasteiger partial charge on any atom is 0.164 e. The van der Waals surface area contributed by atoms with E-state index in [1.807, 2.05) is 0 Å². The molecule has 0 fully saturated rings. The van der Waals surface area contributed by atoms with Crippen molar-refractivity contribution in [3.8, 4) is 22.8 Å². The number of allylic oxidation sites excluding steroid dienone is 8. The lowest BCUT2D eigenvalue weighted by Crippen LogP contribution is -2.12. The third kappa shape index (κ3) is 4.21. The molecule has 0 spiro atoms. The fourth-order valence-electron chi connectivity index (χ4n) is 7.21. The Bertz CT molecular complexity index is 2660. The Morgan fingerprint density at radius 3 is 1.73 bits per heavy atom. The molecule has 9 rings (SSSR count). The summed E-state index contributed by atoms with van der Waals surface area (Å²) in [6.07, 6.45) is 8.97. The molecule has 2 aliphatic carbocycles. The van der Waals surface area contributed by atoms with E-state index in [2.05, 4.69) is 114 Å². The average molecular weight is 629 g/mol. The lowest BCUT2D eigenvalue weighted by atomic mass is 9.87. The molecule has 2 aromatic carbocycles. The molecule has 3 aliphatic heterocycles. The highest BCUT2D eigenvalue weighted by atomic mass is 15.1. The van der Waals surface area contributed by atoms with Crippen molar-refractivity contribution in [3.05, 3.63) is 116 Å². The van der Waals surface area contributed by atoms with Crippen LogP contribution in [0.25, 0.3) is 56.0 Å². The molecule has 8 bridgehead atoms. The third-order valence-electron chi connectivity index (χ3n) is 10.7. The van der Waals surface area contributed by atoms with E-state index in [1.54, 1.807) is 0 Å². The van der Waals surface area contributed by atoms with Crippen molar-refractivity contribution in [1.82, 2.24) is 39.9 Å². The third-order valence-corrected chi connectivity index (χ3v) is 10.7. The molecule has 2 atom stereocenters. The Labute approximate surface area is 278 Å². The van der Waals surface area contributed by atoms with E-state index < -0.39 is 0 Å². The monoisotopic (exact) mass is 628 g/mol. The van der Waals surface area contributed by atoms with Gasteiger partial charge in [-0.25, -0.2) is 29.9 Å². The summed E-state index contributed by atoms with van der Waals surface area (Å²) in [6, 6.07) is 8.74. The minimum atomic E-state index is -0.108. The zero-order valence-electron chi connectivity index (χ0n) is 28.5. The quantitative estimate of drug-likeness (QED) is 0.191. The number of aromatic nitrogens is 8. The van der Waals surface area contributed by atoms with Gasteiger partial charge in [-0.15, -0.1) is 0 Å². The molecular formula is C40H36N8. The Hall–Kier alpha value is -5.50. The van der Waals surface area contributed by atoms with Crippen LogP contribution in [-0.2, 0) is 0 Å². The molecule has 2 aromatic heterocycles. The maximum atomic E-state index is 5.28. The van der Waals surface area contributed by atoms with Crippen molar-refractivity contribution in [3.63, 3.8) is 0 Å². The zero-order valence-corrected chi connectivity index (χ0v) is 28.5. The van der Waals surface area contributed by atoms with Crippen LogP contribution in [0.2, 0.25) is 0 Å². The van der Waals surface area contributed by atoms with Crippen LogP contribution in [0.5, 0.6) is 0 Å². The van der Waals surface area contributed by atoms with E-state index >= 15 is 0 Å². The average Bonchev–Trinajstić information content (AvgIpc) is 3.74. The summed E-state index contributed by atoms with van der Waals surface area (Å²) in [5.74, 6) is 2.59. The van der Waals surface area contributed by atoms with Crippen LogP contribution in [0.4, 0.5) is 0 Å². The Morgan fingerprint density at radius 1 is 0.500 bits per heavy atom. The summed E-state index contributed by atoms with van der Waals surface area (Å²) in [5.41, 5.74) is 16.5. The Morgan fingerprint density at radius 2 is 1.06 bits per heavy atom. The number of benzene rings is 2. The maximum absolute atomic E-state index is 5.28. The largest absolute Gasteiger partial charge is 0.327 e. The minimum Gasteiger partial charge on any atom is -0.327 e. The molecule has 2 unspecified atom stereocenters. The van der Waals surface area contributed by atoms with Crippen LogP contribution in [0.1, 0.15) is 73.4 Å². The van der Waals surface area contributed by atoms with Crippen molar-refractivity contribution >= 4 is 33.2 Å². The highest BCUT2D eigenvalue weighted by Crippen LogP contribution is 2.39. The number of nitrogens with zero attached hydrogens (tertiary/aromatic N) is 6. The predicted molar refractivity (Wildman–Crippen MR) is 191 cm³/mol. The van der Waals surface area contributed by atoms with Gasteiger partial charge in [0.25, 0.3) is 0 Å². The summed E-state index contributed by atoms with van der Waals surface area (Å²) in [6.45, 7) is 17.1. The van der Waals surface area contributed by atoms with Gasteiger partial charge in [0.15, 0.2) is 17.1 Å². The van der Waals surface area contributed by atoms with Crippen LogP contribution in [-0.4, -0.2) is 39.9 Å². The second kappa shape index (κ2) is 10.0. The summed E-state index contributed by atoms with van der Waals surface area (Å²) < 4.78 is 0. The van der Waals surface area contributed by atoms with Gasteiger partial charge < -0.3 is 9.97 Å². The van der Waals surface area contributed by atoms with Gasteiger partial charge in [0.1, 0.15) is 28.4 Å². The molecule has 0 saturated heterocycles. The number of aryl methyl sites for hydroxylation is 4. The van der Waals surface area contributed by atoms with Crippen LogP contribution in [0.15, 0.2) is 70.9 Å².